The van der Waals surface area contributed by atoms with Crippen LogP contribution in [0.15, 0.2) is 77.7 Å². The van der Waals surface area contributed by atoms with E-state index in [4.69, 9.17) is 9.47 Å². The molecule has 1 fully saturated rings. The molecule has 3 aromatic carbocycles. The summed E-state index contributed by atoms with van der Waals surface area (Å²) in [6, 6.07) is 19.1. The van der Waals surface area contributed by atoms with Gasteiger partial charge in [-0.15, -0.1) is 0 Å². The van der Waals surface area contributed by atoms with Gasteiger partial charge in [0.15, 0.2) is 11.5 Å². The molecule has 0 aliphatic carbocycles. The number of benzene rings is 3. The van der Waals surface area contributed by atoms with Crippen molar-refractivity contribution in [2.75, 3.05) is 6.61 Å². The topological polar surface area (TPSA) is 72.9 Å². The molecule has 0 N–H and O–H groups in total. The van der Waals surface area contributed by atoms with E-state index in [1.165, 1.54) is 24.3 Å². The summed E-state index contributed by atoms with van der Waals surface area (Å²) in [5.41, 5.74) is 1.66. The lowest BCUT2D eigenvalue weighted by atomic mass is 10.1. The minimum absolute atomic E-state index is 0.0564. The second-order valence-corrected chi connectivity index (χ2v) is 8.28. The highest BCUT2D eigenvalue weighted by Crippen LogP contribution is 2.35. The average Bonchev–Trinajstić information content (AvgIpc) is 3.10. The molecule has 1 saturated heterocycles. The SMILES string of the molecule is CCOc1cc(/C=C2\SC(=O)N(Cc3ccc(F)cc3)C2=O)ccc1OC(=O)c1ccccc1. The number of hydrogen-bond acceptors (Lipinski definition) is 6. The van der Waals surface area contributed by atoms with Crippen molar-refractivity contribution in [2.24, 2.45) is 0 Å². The van der Waals surface area contributed by atoms with Crippen LogP contribution in [0.25, 0.3) is 6.08 Å². The summed E-state index contributed by atoms with van der Waals surface area (Å²) in [4.78, 5) is 39.0. The third kappa shape index (κ3) is 5.35. The van der Waals surface area contributed by atoms with Crippen LogP contribution in [0.2, 0.25) is 0 Å². The largest absolute Gasteiger partial charge is 0.490 e. The summed E-state index contributed by atoms with van der Waals surface area (Å²) in [7, 11) is 0. The molecule has 0 bridgehead atoms. The van der Waals surface area contributed by atoms with Crippen molar-refractivity contribution in [1.82, 2.24) is 4.90 Å². The van der Waals surface area contributed by atoms with Crippen LogP contribution in [-0.4, -0.2) is 28.6 Å². The number of carbonyl (C=O) groups excluding carboxylic acids is 3. The summed E-state index contributed by atoms with van der Waals surface area (Å²) in [6.07, 6.45) is 1.58. The number of halogens is 1. The number of esters is 1. The number of thioether (sulfide) groups is 1. The van der Waals surface area contributed by atoms with E-state index in [0.717, 1.165) is 16.7 Å². The third-order valence-electron chi connectivity index (χ3n) is 4.91. The van der Waals surface area contributed by atoms with Crippen molar-refractivity contribution >= 4 is 35.0 Å². The van der Waals surface area contributed by atoms with Crippen molar-refractivity contribution in [1.29, 1.82) is 0 Å². The molecule has 1 aliphatic rings. The second-order valence-electron chi connectivity index (χ2n) is 7.29. The van der Waals surface area contributed by atoms with Crippen LogP contribution in [0.5, 0.6) is 11.5 Å². The average molecular weight is 478 g/mol. The van der Waals surface area contributed by atoms with Crippen molar-refractivity contribution in [2.45, 2.75) is 13.5 Å². The molecule has 1 aliphatic heterocycles. The maximum absolute atomic E-state index is 13.1. The Morgan fingerprint density at radius 2 is 1.74 bits per heavy atom. The first-order chi connectivity index (χ1) is 16.4. The highest BCUT2D eigenvalue weighted by atomic mass is 32.2. The number of nitrogens with zero attached hydrogens (tertiary/aromatic N) is 1. The van der Waals surface area contributed by atoms with Gasteiger partial charge in [0.2, 0.25) is 0 Å². The summed E-state index contributed by atoms with van der Waals surface area (Å²) < 4.78 is 24.3. The monoisotopic (exact) mass is 477 g/mol. The van der Waals surface area contributed by atoms with Gasteiger partial charge in [-0.3, -0.25) is 14.5 Å². The molecule has 8 heteroatoms. The molecule has 0 spiro atoms. The zero-order valence-electron chi connectivity index (χ0n) is 18.2. The van der Waals surface area contributed by atoms with Gasteiger partial charge >= 0.3 is 5.97 Å². The fourth-order valence-corrected chi connectivity index (χ4v) is 4.10. The molecule has 0 saturated carbocycles. The zero-order chi connectivity index (χ0) is 24.1. The first-order valence-corrected chi connectivity index (χ1v) is 11.3. The van der Waals surface area contributed by atoms with Crippen molar-refractivity contribution in [3.8, 4) is 11.5 Å². The molecule has 3 aromatic rings. The lowest BCUT2D eigenvalue weighted by Gasteiger charge is -2.12. The summed E-state index contributed by atoms with van der Waals surface area (Å²) in [5.74, 6) is -0.753. The van der Waals surface area contributed by atoms with Gasteiger partial charge in [-0.05, 0) is 72.3 Å². The zero-order valence-corrected chi connectivity index (χ0v) is 19.0. The van der Waals surface area contributed by atoms with Gasteiger partial charge in [0.25, 0.3) is 11.1 Å². The van der Waals surface area contributed by atoms with E-state index in [9.17, 15) is 18.8 Å². The van der Waals surface area contributed by atoms with Gasteiger partial charge in [-0.1, -0.05) is 36.4 Å². The molecule has 6 nitrogen and oxygen atoms in total. The molecule has 0 atom stereocenters. The minimum atomic E-state index is -0.517. The van der Waals surface area contributed by atoms with Gasteiger partial charge in [-0.25, -0.2) is 9.18 Å². The lowest BCUT2D eigenvalue weighted by molar-refractivity contribution is -0.123. The Balaban J connectivity index is 1.53. The van der Waals surface area contributed by atoms with Crippen molar-refractivity contribution < 1.29 is 28.2 Å². The fraction of sp³-hybridized carbons (Fsp3) is 0.115. The Morgan fingerprint density at radius 3 is 2.44 bits per heavy atom. The van der Waals surface area contributed by atoms with Crippen LogP contribution in [0.4, 0.5) is 9.18 Å². The fourth-order valence-electron chi connectivity index (χ4n) is 3.26. The Bertz CT molecular complexity index is 1260. The molecule has 4 rings (SSSR count). The molecule has 1 heterocycles. The Hall–Kier alpha value is -3.91. The normalized spacial score (nSPS) is 14.5. The van der Waals surface area contributed by atoms with Crippen LogP contribution >= 0.6 is 11.8 Å². The highest BCUT2D eigenvalue weighted by molar-refractivity contribution is 8.18. The first-order valence-electron chi connectivity index (χ1n) is 10.5. The van der Waals surface area contributed by atoms with Crippen LogP contribution in [0.1, 0.15) is 28.4 Å². The van der Waals surface area contributed by atoms with E-state index < -0.39 is 17.1 Å². The predicted molar refractivity (Wildman–Crippen MR) is 127 cm³/mol. The summed E-state index contributed by atoms with van der Waals surface area (Å²) in [5, 5.41) is -0.404. The van der Waals surface area contributed by atoms with E-state index in [0.29, 0.717) is 29.0 Å². The van der Waals surface area contributed by atoms with Gasteiger partial charge in [0.05, 0.1) is 23.6 Å². The number of rotatable bonds is 7. The Kier molecular flexibility index (Phi) is 7.08. The molecular formula is C26H20FNO5S. The van der Waals surface area contributed by atoms with E-state index in [1.54, 1.807) is 61.5 Å². The van der Waals surface area contributed by atoms with Gasteiger partial charge in [0, 0.05) is 0 Å². The van der Waals surface area contributed by atoms with Crippen LogP contribution in [0.3, 0.4) is 0 Å². The smallest absolute Gasteiger partial charge is 0.343 e. The minimum Gasteiger partial charge on any atom is -0.490 e. The van der Waals surface area contributed by atoms with E-state index in [2.05, 4.69) is 0 Å². The number of imide groups is 1. The highest BCUT2D eigenvalue weighted by Gasteiger charge is 2.35. The lowest BCUT2D eigenvalue weighted by Crippen LogP contribution is -2.27. The molecule has 172 valence electrons. The van der Waals surface area contributed by atoms with Gasteiger partial charge in [-0.2, -0.15) is 0 Å². The van der Waals surface area contributed by atoms with E-state index >= 15 is 0 Å². The van der Waals surface area contributed by atoms with Gasteiger partial charge < -0.3 is 9.47 Å². The first kappa shape index (κ1) is 23.3. The summed E-state index contributed by atoms with van der Waals surface area (Å²) in [6.45, 7) is 2.20. The Labute approximate surface area is 200 Å². The predicted octanol–water partition coefficient (Wildman–Crippen LogP) is 5.68. The van der Waals surface area contributed by atoms with Crippen LogP contribution in [-0.2, 0) is 11.3 Å². The third-order valence-corrected chi connectivity index (χ3v) is 5.81. The maximum atomic E-state index is 13.1. The van der Waals surface area contributed by atoms with Crippen LogP contribution < -0.4 is 9.47 Å². The molecule has 2 amide bonds. The summed E-state index contributed by atoms with van der Waals surface area (Å²) >= 11 is 0.829. The second kappa shape index (κ2) is 10.4. The van der Waals surface area contributed by atoms with Gasteiger partial charge in [0.1, 0.15) is 5.82 Å². The number of ether oxygens (including phenoxy) is 2. The maximum Gasteiger partial charge on any atom is 0.343 e. The molecule has 0 aromatic heterocycles. The molecular weight excluding hydrogens is 457 g/mol. The number of hydrogen-bond donors (Lipinski definition) is 0. The van der Waals surface area contributed by atoms with Crippen LogP contribution in [0, 0.1) is 5.82 Å². The quantitative estimate of drug-likeness (QED) is 0.248. The molecule has 0 radical (unpaired) electrons. The van der Waals surface area contributed by atoms with Crippen molar-refractivity contribution in [3.05, 3.63) is 100 Å². The Morgan fingerprint density at radius 1 is 1.00 bits per heavy atom. The standard InChI is InChI=1S/C26H20FNO5S/c1-2-32-22-14-18(10-13-21(22)33-25(30)19-6-4-3-5-7-19)15-23-24(29)28(26(31)34-23)16-17-8-11-20(27)12-9-17/h3-15H,2,16H2,1H3/b23-15-. The number of amides is 2. The molecule has 0 unspecified atom stereocenters. The van der Waals surface area contributed by atoms with Crippen molar-refractivity contribution in [3.63, 3.8) is 0 Å². The van der Waals surface area contributed by atoms with E-state index in [-0.39, 0.29) is 23.0 Å². The van der Waals surface area contributed by atoms with E-state index in [1.807, 2.05) is 0 Å². The number of carbonyl (C=O) groups is 3. The molecule has 34 heavy (non-hydrogen) atoms.